The quantitative estimate of drug-likeness (QED) is 0.688. The first kappa shape index (κ1) is 21.3. The smallest absolute Gasteiger partial charge is 0.235 e. The minimum atomic E-state index is -3.35. The Morgan fingerprint density at radius 1 is 1.18 bits per heavy atom. The van der Waals surface area contributed by atoms with Gasteiger partial charge in [-0.2, -0.15) is 0 Å². The lowest BCUT2D eigenvalue weighted by Crippen LogP contribution is -2.39. The Morgan fingerprint density at radius 3 is 2.50 bits per heavy atom. The summed E-state index contributed by atoms with van der Waals surface area (Å²) in [5, 5.41) is 3.22. The van der Waals surface area contributed by atoms with Crippen LogP contribution in [0.2, 0.25) is 0 Å². The van der Waals surface area contributed by atoms with Crippen molar-refractivity contribution in [3.05, 3.63) is 24.0 Å². The van der Waals surface area contributed by atoms with Crippen LogP contribution in [0.25, 0.3) is 0 Å². The minimum Gasteiger partial charge on any atom is -0.385 e. The highest BCUT2D eigenvalue weighted by molar-refractivity contribution is 7.93. The first-order chi connectivity index (χ1) is 13.2. The van der Waals surface area contributed by atoms with Gasteiger partial charge in [0.25, 0.3) is 0 Å². The van der Waals surface area contributed by atoms with Gasteiger partial charge in [0.15, 0.2) is 0 Å². The summed E-state index contributed by atoms with van der Waals surface area (Å²) >= 11 is 0. The second-order valence-corrected chi connectivity index (χ2v) is 11.6. The fraction of sp³-hybridized carbons (Fsp3) is 0.667. The molecule has 158 valence electrons. The fourth-order valence-electron chi connectivity index (χ4n) is 3.83. The number of nitrogens with zero attached hydrogens (tertiary/aromatic N) is 1. The van der Waals surface area contributed by atoms with Crippen LogP contribution in [0.4, 0.5) is 15.8 Å². The Bertz CT molecular complexity index is 897. The third-order valence-electron chi connectivity index (χ3n) is 5.44. The van der Waals surface area contributed by atoms with Crippen molar-refractivity contribution < 1.29 is 21.2 Å². The van der Waals surface area contributed by atoms with E-state index >= 15 is 0 Å². The molecular formula is C18H28FN3O4S2. The molecule has 0 spiro atoms. The van der Waals surface area contributed by atoms with Crippen molar-refractivity contribution in [2.45, 2.75) is 45.1 Å². The van der Waals surface area contributed by atoms with Gasteiger partial charge in [0.1, 0.15) is 5.82 Å². The molecule has 10 heteroatoms. The van der Waals surface area contributed by atoms with Crippen molar-refractivity contribution in [2.75, 3.05) is 34.2 Å². The predicted octanol–water partition coefficient (Wildman–Crippen LogP) is 2.28. The highest BCUT2D eigenvalue weighted by atomic mass is 32.2. The molecule has 0 aromatic heterocycles. The molecule has 1 aliphatic heterocycles. The number of hydrogen-bond donors (Lipinski definition) is 2. The minimum absolute atomic E-state index is 0.0117. The molecule has 1 aromatic carbocycles. The second-order valence-electron chi connectivity index (χ2n) is 7.56. The van der Waals surface area contributed by atoms with Gasteiger partial charge in [-0.25, -0.2) is 25.9 Å². The summed E-state index contributed by atoms with van der Waals surface area (Å²) in [7, 11) is -6.53. The van der Waals surface area contributed by atoms with Crippen molar-refractivity contribution in [1.82, 2.24) is 4.72 Å². The molecule has 0 unspecified atom stereocenters. The van der Waals surface area contributed by atoms with Gasteiger partial charge in [-0.3, -0.25) is 4.31 Å². The Hall–Kier alpha value is -1.39. The number of anilines is 2. The standard InChI is InChI=1S/C18H28FN3O4S2/c1-2-27(23,24)21-16-6-4-14(5-7-16)13-20-17-10-15(19)11-18(12-17)22-8-3-9-28(22,25)26/h10-12,14,16,20-21H,2-9,13H2,1H3/t14-,16-. The number of halogens is 1. The van der Waals surface area contributed by atoms with E-state index in [9.17, 15) is 21.2 Å². The van der Waals surface area contributed by atoms with Gasteiger partial charge in [0, 0.05) is 24.8 Å². The third-order valence-corrected chi connectivity index (χ3v) is 8.76. The number of sulfonamides is 2. The normalized spacial score (nSPS) is 25.0. The van der Waals surface area contributed by atoms with Gasteiger partial charge in [0.05, 0.1) is 17.2 Å². The highest BCUT2D eigenvalue weighted by Crippen LogP contribution is 2.29. The van der Waals surface area contributed by atoms with Crippen molar-refractivity contribution in [1.29, 1.82) is 0 Å². The van der Waals surface area contributed by atoms with Crippen LogP contribution < -0.4 is 14.3 Å². The fourth-order valence-corrected chi connectivity index (χ4v) is 6.29. The predicted molar refractivity (Wildman–Crippen MR) is 109 cm³/mol. The molecule has 1 heterocycles. The first-order valence-corrected chi connectivity index (χ1v) is 13.0. The zero-order chi connectivity index (χ0) is 20.4. The molecule has 2 fully saturated rings. The molecule has 0 bridgehead atoms. The van der Waals surface area contributed by atoms with Crippen LogP contribution in [0.15, 0.2) is 18.2 Å². The molecule has 1 aliphatic carbocycles. The van der Waals surface area contributed by atoms with Gasteiger partial charge >= 0.3 is 0 Å². The first-order valence-electron chi connectivity index (χ1n) is 9.73. The summed E-state index contributed by atoms with van der Waals surface area (Å²) in [6.07, 6.45) is 3.88. The van der Waals surface area contributed by atoms with Gasteiger partial charge in [-0.05, 0) is 63.1 Å². The summed E-state index contributed by atoms with van der Waals surface area (Å²) in [5.41, 5.74) is 0.920. The van der Waals surface area contributed by atoms with Crippen LogP contribution in [0.1, 0.15) is 39.0 Å². The van der Waals surface area contributed by atoms with Crippen molar-refractivity contribution >= 4 is 31.4 Å². The van der Waals surface area contributed by atoms with Crippen molar-refractivity contribution in [3.63, 3.8) is 0 Å². The third kappa shape index (κ3) is 5.36. The molecule has 2 aliphatic rings. The molecule has 1 saturated carbocycles. The van der Waals surface area contributed by atoms with Gasteiger partial charge in [-0.1, -0.05) is 0 Å². The summed E-state index contributed by atoms with van der Waals surface area (Å²) in [4.78, 5) is 0. The Balaban J connectivity index is 1.56. The van der Waals surface area contributed by atoms with Gasteiger partial charge in [0.2, 0.25) is 20.0 Å². The lowest BCUT2D eigenvalue weighted by molar-refractivity contribution is 0.324. The van der Waals surface area contributed by atoms with E-state index < -0.39 is 25.9 Å². The lowest BCUT2D eigenvalue weighted by Gasteiger charge is -2.29. The van der Waals surface area contributed by atoms with Crippen LogP contribution in [0.3, 0.4) is 0 Å². The van der Waals surface area contributed by atoms with Crippen molar-refractivity contribution in [2.24, 2.45) is 5.92 Å². The zero-order valence-electron chi connectivity index (χ0n) is 16.0. The average molecular weight is 434 g/mol. The van der Waals surface area contributed by atoms with Crippen LogP contribution in [-0.2, 0) is 20.0 Å². The topological polar surface area (TPSA) is 95.6 Å². The molecule has 1 aromatic rings. The van der Waals surface area contributed by atoms with E-state index in [-0.39, 0.29) is 17.5 Å². The molecule has 3 rings (SSSR count). The molecule has 0 radical (unpaired) electrons. The maximum atomic E-state index is 14.0. The van der Waals surface area contributed by atoms with E-state index in [4.69, 9.17) is 0 Å². The van der Waals surface area contributed by atoms with Crippen LogP contribution in [0, 0.1) is 11.7 Å². The number of nitrogens with one attached hydrogen (secondary N) is 2. The maximum absolute atomic E-state index is 14.0. The maximum Gasteiger partial charge on any atom is 0.235 e. The molecule has 7 nitrogen and oxygen atoms in total. The second kappa shape index (κ2) is 8.54. The number of benzene rings is 1. The van der Waals surface area contributed by atoms with Gasteiger partial charge in [-0.15, -0.1) is 0 Å². The van der Waals surface area contributed by atoms with Crippen LogP contribution >= 0.6 is 0 Å². The van der Waals surface area contributed by atoms with E-state index in [1.54, 1.807) is 13.0 Å². The summed E-state index contributed by atoms with van der Waals surface area (Å²) in [6, 6.07) is 4.28. The Morgan fingerprint density at radius 2 is 1.89 bits per heavy atom. The van der Waals surface area contributed by atoms with Crippen molar-refractivity contribution in [3.8, 4) is 0 Å². The Kier molecular flexibility index (Phi) is 6.51. The van der Waals surface area contributed by atoms with E-state index in [0.29, 0.717) is 36.8 Å². The van der Waals surface area contributed by atoms with Crippen LogP contribution in [0.5, 0.6) is 0 Å². The Labute approximate surface area is 166 Å². The molecule has 0 amide bonds. The number of hydrogen-bond acceptors (Lipinski definition) is 5. The SMILES string of the molecule is CCS(=O)(=O)N[C@H]1CC[C@H](CNc2cc(F)cc(N3CCCS3(=O)=O)c2)CC1. The highest BCUT2D eigenvalue weighted by Gasteiger charge is 2.29. The molecular weight excluding hydrogens is 405 g/mol. The molecule has 2 N–H and O–H groups in total. The zero-order valence-corrected chi connectivity index (χ0v) is 17.7. The monoisotopic (exact) mass is 433 g/mol. The van der Waals surface area contributed by atoms with E-state index in [0.717, 1.165) is 25.7 Å². The summed E-state index contributed by atoms with van der Waals surface area (Å²) < 4.78 is 65.5. The number of rotatable bonds is 7. The molecule has 28 heavy (non-hydrogen) atoms. The molecule has 1 saturated heterocycles. The van der Waals surface area contributed by atoms with E-state index in [2.05, 4.69) is 10.0 Å². The summed E-state index contributed by atoms with van der Waals surface area (Å²) in [5.74, 6) is 0.0739. The lowest BCUT2D eigenvalue weighted by atomic mass is 9.86. The van der Waals surface area contributed by atoms with E-state index in [1.807, 2.05) is 0 Å². The summed E-state index contributed by atoms with van der Waals surface area (Å²) in [6.45, 7) is 2.64. The van der Waals surface area contributed by atoms with Crippen LogP contribution in [-0.4, -0.2) is 47.5 Å². The largest absolute Gasteiger partial charge is 0.385 e. The molecule has 0 atom stereocenters. The van der Waals surface area contributed by atoms with E-state index in [1.165, 1.54) is 16.4 Å². The average Bonchev–Trinajstić information content (AvgIpc) is 2.99. The van der Waals surface area contributed by atoms with Gasteiger partial charge < -0.3 is 5.32 Å².